The zero-order chi connectivity index (χ0) is 16.3. The van der Waals surface area contributed by atoms with Gasteiger partial charge in [-0.2, -0.15) is 0 Å². The molecule has 0 bridgehead atoms. The molecule has 0 rings (SSSR count). The Morgan fingerprint density at radius 3 is 2.24 bits per heavy atom. The molecule has 0 aliphatic heterocycles. The number of carboxylic acid groups (broad SMARTS) is 1. The summed E-state index contributed by atoms with van der Waals surface area (Å²) in [6.45, 7) is 8.77. The molecule has 4 nitrogen and oxygen atoms in total. The normalized spacial score (nSPS) is 12.3. The molecular formula is C16H30O4Si. The molecule has 1 N–H and O–H groups in total. The molecule has 0 aliphatic carbocycles. The maximum Gasteiger partial charge on any atom is 0.303 e. The highest BCUT2D eigenvalue weighted by atomic mass is 28.3. The van der Waals surface area contributed by atoms with Crippen LogP contribution in [0.1, 0.15) is 45.4 Å². The van der Waals surface area contributed by atoms with Crippen molar-refractivity contribution in [1.29, 1.82) is 0 Å². The van der Waals surface area contributed by atoms with Crippen LogP contribution in [-0.2, 0) is 14.3 Å². The maximum absolute atomic E-state index is 10.9. The summed E-state index contributed by atoms with van der Waals surface area (Å²) in [7, 11) is -1.21. The van der Waals surface area contributed by atoms with Gasteiger partial charge < -0.3 is 9.84 Å². The minimum absolute atomic E-state index is 0.231. The molecule has 0 aliphatic rings. The van der Waals surface area contributed by atoms with Gasteiger partial charge >= 0.3 is 11.9 Å². The minimum Gasteiger partial charge on any atom is -0.481 e. The first-order valence-electron chi connectivity index (χ1n) is 7.74. The van der Waals surface area contributed by atoms with Crippen molar-refractivity contribution in [1.82, 2.24) is 0 Å². The molecule has 5 heteroatoms. The monoisotopic (exact) mass is 314 g/mol. The molecule has 21 heavy (non-hydrogen) atoms. The van der Waals surface area contributed by atoms with Gasteiger partial charge in [-0.3, -0.25) is 9.59 Å². The molecule has 0 spiro atoms. The molecule has 122 valence electrons. The lowest BCUT2D eigenvalue weighted by atomic mass is 10.1. The maximum atomic E-state index is 10.9. The lowest BCUT2D eigenvalue weighted by molar-refractivity contribution is -0.140. The second-order valence-electron chi connectivity index (χ2n) is 6.73. The van der Waals surface area contributed by atoms with Gasteiger partial charge in [0, 0.05) is 21.4 Å². The van der Waals surface area contributed by atoms with Crippen molar-refractivity contribution in [2.45, 2.75) is 71.1 Å². The third-order valence-electron chi connectivity index (χ3n) is 3.00. The zero-order valence-electron chi connectivity index (χ0n) is 13.9. The second kappa shape index (κ2) is 10.6. The van der Waals surface area contributed by atoms with E-state index in [1.54, 1.807) is 0 Å². The van der Waals surface area contributed by atoms with Crippen LogP contribution in [0.25, 0.3) is 0 Å². The Morgan fingerprint density at radius 2 is 1.71 bits per heavy atom. The van der Waals surface area contributed by atoms with E-state index in [1.807, 2.05) is 0 Å². The topological polar surface area (TPSA) is 63.6 Å². The smallest absolute Gasteiger partial charge is 0.303 e. The number of rotatable bonds is 11. The van der Waals surface area contributed by atoms with Crippen molar-refractivity contribution < 1.29 is 19.4 Å². The Labute approximate surface area is 129 Å². The van der Waals surface area contributed by atoms with Crippen LogP contribution >= 0.6 is 0 Å². The predicted molar refractivity (Wildman–Crippen MR) is 88.2 cm³/mol. The number of allylic oxidation sites excluding steroid dienone is 1. The Morgan fingerprint density at radius 1 is 1.10 bits per heavy atom. The van der Waals surface area contributed by atoms with Crippen molar-refractivity contribution in [3.05, 3.63) is 11.6 Å². The Balaban J connectivity index is 4.05. The molecule has 0 saturated heterocycles. The van der Waals surface area contributed by atoms with Gasteiger partial charge in [0.2, 0.25) is 0 Å². The molecule has 0 saturated carbocycles. The van der Waals surface area contributed by atoms with E-state index >= 15 is 0 Å². The molecule has 0 heterocycles. The second-order valence-corrected chi connectivity index (χ2v) is 12.2. The molecule has 0 aromatic heterocycles. The minimum atomic E-state index is -1.21. The highest BCUT2D eigenvalue weighted by molar-refractivity contribution is 6.76. The molecular weight excluding hydrogens is 284 g/mol. The van der Waals surface area contributed by atoms with Crippen molar-refractivity contribution in [2.75, 3.05) is 6.61 Å². The first-order valence-corrected chi connectivity index (χ1v) is 11.4. The van der Waals surface area contributed by atoms with E-state index in [9.17, 15) is 9.59 Å². The lowest BCUT2D eigenvalue weighted by Crippen LogP contribution is -2.21. The van der Waals surface area contributed by atoms with E-state index < -0.39 is 14.0 Å². The fraction of sp³-hybridized carbons (Fsp3) is 0.750. The summed E-state index contributed by atoms with van der Waals surface area (Å²) in [6, 6.07) is 1.05. The van der Waals surface area contributed by atoms with Crippen LogP contribution in [0.15, 0.2) is 11.6 Å². The van der Waals surface area contributed by atoms with Crippen LogP contribution < -0.4 is 0 Å². The molecule has 0 atom stereocenters. The van der Waals surface area contributed by atoms with Crippen LogP contribution in [0.4, 0.5) is 0 Å². The summed E-state index contributed by atoms with van der Waals surface area (Å²) < 4.78 is 5.12. The molecule has 0 radical (unpaired) electrons. The first kappa shape index (κ1) is 19.9. The van der Waals surface area contributed by atoms with Gasteiger partial charge in [0.1, 0.15) is 6.61 Å². The lowest BCUT2D eigenvalue weighted by Gasteiger charge is -2.18. The Kier molecular flexibility index (Phi) is 10.0. The van der Waals surface area contributed by atoms with Gasteiger partial charge in [0.25, 0.3) is 0 Å². The third kappa shape index (κ3) is 15.1. The number of carboxylic acids is 1. The summed E-state index contributed by atoms with van der Waals surface area (Å²) in [6.07, 6.45) is 7.30. The summed E-state index contributed by atoms with van der Waals surface area (Å²) >= 11 is 0. The van der Waals surface area contributed by atoms with Crippen LogP contribution in [0, 0.1) is 0 Å². The van der Waals surface area contributed by atoms with Gasteiger partial charge in [-0.15, -0.1) is 0 Å². The summed E-state index contributed by atoms with van der Waals surface area (Å²) in [4.78, 5) is 21.3. The fourth-order valence-electron chi connectivity index (χ4n) is 2.14. The van der Waals surface area contributed by atoms with Crippen LogP contribution in [0.3, 0.4) is 0 Å². The molecule has 0 aromatic rings. The number of esters is 1. The molecule has 0 amide bonds. The number of aliphatic carboxylic acids is 1. The van der Waals surface area contributed by atoms with E-state index in [4.69, 9.17) is 9.84 Å². The van der Waals surface area contributed by atoms with Crippen LogP contribution in [-0.4, -0.2) is 31.7 Å². The summed E-state index contributed by atoms with van der Waals surface area (Å²) in [5.74, 6) is -0.946. The van der Waals surface area contributed by atoms with E-state index in [0.29, 0.717) is 6.61 Å². The number of ether oxygens (including phenoxy) is 1. The Hall–Kier alpha value is -1.10. The number of hydrogen-bond acceptors (Lipinski definition) is 3. The van der Waals surface area contributed by atoms with E-state index in [0.717, 1.165) is 38.1 Å². The summed E-state index contributed by atoms with van der Waals surface area (Å²) in [5, 5.41) is 8.55. The van der Waals surface area contributed by atoms with Crippen molar-refractivity contribution in [3.8, 4) is 0 Å². The standard InChI is InChI=1S/C16H30O4Si/c1-14(17)20-12-15(13-21(2,3)4)10-8-6-5-7-9-11-16(18)19/h10H,5-9,11-13H2,1-4H3,(H,18,19)/b15-10-. The van der Waals surface area contributed by atoms with Crippen molar-refractivity contribution in [2.24, 2.45) is 0 Å². The van der Waals surface area contributed by atoms with Gasteiger partial charge in [-0.1, -0.05) is 38.6 Å². The van der Waals surface area contributed by atoms with Crippen molar-refractivity contribution >= 4 is 20.0 Å². The Bertz CT molecular complexity index is 356. The molecule has 0 unspecified atom stereocenters. The number of unbranched alkanes of at least 4 members (excludes halogenated alkanes) is 4. The summed E-state index contributed by atoms with van der Waals surface area (Å²) in [5.41, 5.74) is 1.23. The van der Waals surface area contributed by atoms with Gasteiger partial charge in [-0.25, -0.2) is 0 Å². The fourth-order valence-corrected chi connectivity index (χ4v) is 3.75. The van der Waals surface area contributed by atoms with Gasteiger partial charge in [0.05, 0.1) is 0 Å². The van der Waals surface area contributed by atoms with Crippen molar-refractivity contribution in [3.63, 3.8) is 0 Å². The number of hydrogen-bond donors (Lipinski definition) is 1. The van der Waals surface area contributed by atoms with E-state index in [2.05, 4.69) is 25.7 Å². The average molecular weight is 314 g/mol. The largest absolute Gasteiger partial charge is 0.481 e. The predicted octanol–water partition coefficient (Wildman–Crippen LogP) is 4.24. The number of carbonyl (C=O) groups excluding carboxylic acids is 1. The first-order chi connectivity index (χ1) is 9.70. The average Bonchev–Trinajstić information content (AvgIpc) is 2.32. The SMILES string of the molecule is CC(=O)OC/C(=C/CCCCCCC(=O)O)C[Si](C)(C)C. The van der Waals surface area contributed by atoms with Gasteiger partial charge in [0.15, 0.2) is 0 Å². The highest BCUT2D eigenvalue weighted by Gasteiger charge is 2.16. The van der Waals surface area contributed by atoms with E-state index in [1.165, 1.54) is 12.5 Å². The third-order valence-corrected chi connectivity index (χ3v) is 4.51. The van der Waals surface area contributed by atoms with Crippen LogP contribution in [0.5, 0.6) is 0 Å². The highest BCUT2D eigenvalue weighted by Crippen LogP contribution is 2.18. The van der Waals surface area contributed by atoms with Gasteiger partial charge in [-0.05, 0) is 30.9 Å². The number of carbonyl (C=O) groups is 2. The molecule has 0 fully saturated rings. The van der Waals surface area contributed by atoms with E-state index in [-0.39, 0.29) is 12.4 Å². The zero-order valence-corrected chi connectivity index (χ0v) is 14.9. The van der Waals surface area contributed by atoms with Crippen LogP contribution in [0.2, 0.25) is 25.7 Å². The molecule has 0 aromatic carbocycles. The quantitative estimate of drug-likeness (QED) is 0.268.